The summed E-state index contributed by atoms with van der Waals surface area (Å²) in [4.78, 5) is 0. The number of amidine groups is 1. The topological polar surface area (TPSA) is 94.1 Å². The number of nitrogens with two attached hydrogens (primary N) is 1. The van der Waals surface area contributed by atoms with Gasteiger partial charge in [-0.2, -0.15) is 0 Å². The Labute approximate surface area is 179 Å². The molecule has 0 aliphatic heterocycles. The van der Waals surface area contributed by atoms with Crippen molar-refractivity contribution < 1.29 is 18.8 Å². The molecule has 29 heavy (non-hydrogen) atoms. The fourth-order valence-electron chi connectivity index (χ4n) is 3.14. The number of oxime groups is 1. The zero-order chi connectivity index (χ0) is 22.0. The van der Waals surface area contributed by atoms with Gasteiger partial charge in [-0.15, -0.1) is 0 Å². The van der Waals surface area contributed by atoms with Crippen molar-refractivity contribution in [3.63, 3.8) is 0 Å². The van der Waals surface area contributed by atoms with Crippen LogP contribution in [-0.2, 0) is 13.6 Å². The largest absolute Gasteiger partial charge is 0.409 e. The number of hydrogen-bond acceptors (Lipinski definition) is 5. The molecule has 0 heterocycles. The van der Waals surface area contributed by atoms with Crippen LogP contribution in [0.15, 0.2) is 5.16 Å². The summed E-state index contributed by atoms with van der Waals surface area (Å²) >= 11 is 0. The summed E-state index contributed by atoms with van der Waals surface area (Å²) in [5.74, 6) is 1.41. The van der Waals surface area contributed by atoms with Crippen LogP contribution in [0, 0.1) is 11.8 Å². The Kier molecular flexibility index (Phi) is 17.8. The van der Waals surface area contributed by atoms with E-state index < -0.39 is 7.60 Å². The van der Waals surface area contributed by atoms with Crippen LogP contribution in [0.25, 0.3) is 0 Å². The molecule has 0 saturated heterocycles. The number of rotatable bonds is 20. The molecule has 0 rings (SSSR count). The summed E-state index contributed by atoms with van der Waals surface area (Å²) in [7, 11) is -3.36. The van der Waals surface area contributed by atoms with Gasteiger partial charge in [-0.3, -0.25) is 4.57 Å². The minimum absolute atomic E-state index is 0.115. The summed E-state index contributed by atoms with van der Waals surface area (Å²) in [6.07, 6.45) is 13.5. The van der Waals surface area contributed by atoms with Gasteiger partial charge in [0.1, 0.15) is 6.16 Å². The molecule has 0 unspecified atom stereocenters. The standard InChI is InChI=1S/C22H47N2O4P/c1-20(2)15-11-7-5-9-13-17-27-29(26,19-22(23)24-25)28-18-14-10-6-8-12-16-21(3)4/h20-21,25H,5-19H2,1-4H3,(H2,23,24). The average molecular weight is 435 g/mol. The van der Waals surface area contributed by atoms with Crippen molar-refractivity contribution in [2.45, 2.75) is 105 Å². The highest BCUT2D eigenvalue weighted by Gasteiger charge is 2.26. The van der Waals surface area contributed by atoms with Crippen LogP contribution in [0.2, 0.25) is 0 Å². The molecule has 3 N–H and O–H groups in total. The van der Waals surface area contributed by atoms with Crippen LogP contribution < -0.4 is 5.73 Å². The Morgan fingerprint density at radius 2 is 1.17 bits per heavy atom. The highest BCUT2D eigenvalue weighted by molar-refractivity contribution is 7.54. The monoisotopic (exact) mass is 434 g/mol. The molecule has 0 aliphatic rings. The van der Waals surface area contributed by atoms with E-state index >= 15 is 0 Å². The van der Waals surface area contributed by atoms with E-state index in [-0.39, 0.29) is 12.0 Å². The van der Waals surface area contributed by atoms with Gasteiger partial charge in [0, 0.05) is 0 Å². The van der Waals surface area contributed by atoms with Gasteiger partial charge in [0.15, 0.2) is 5.84 Å². The maximum absolute atomic E-state index is 12.9. The molecule has 0 aromatic rings. The molecule has 0 spiro atoms. The van der Waals surface area contributed by atoms with Crippen molar-refractivity contribution in [1.29, 1.82) is 0 Å². The van der Waals surface area contributed by atoms with E-state index in [2.05, 4.69) is 32.9 Å². The second kappa shape index (κ2) is 18.2. The Morgan fingerprint density at radius 3 is 1.55 bits per heavy atom. The fraction of sp³-hybridized carbons (Fsp3) is 0.955. The Morgan fingerprint density at radius 1 is 0.793 bits per heavy atom. The quantitative estimate of drug-likeness (QED) is 0.0540. The maximum Gasteiger partial charge on any atom is 0.338 e. The van der Waals surface area contributed by atoms with Crippen LogP contribution >= 0.6 is 7.60 Å². The summed E-state index contributed by atoms with van der Waals surface area (Å²) in [6.45, 7) is 9.77. The fourth-order valence-corrected chi connectivity index (χ4v) is 4.67. The molecule has 0 aromatic carbocycles. The highest BCUT2D eigenvalue weighted by Crippen LogP contribution is 2.48. The lowest BCUT2D eigenvalue weighted by Crippen LogP contribution is -2.19. The van der Waals surface area contributed by atoms with Gasteiger partial charge in [-0.05, 0) is 24.7 Å². The van der Waals surface area contributed by atoms with E-state index in [1.807, 2.05) is 0 Å². The van der Waals surface area contributed by atoms with E-state index in [9.17, 15) is 4.57 Å². The third-order valence-electron chi connectivity index (χ3n) is 4.91. The van der Waals surface area contributed by atoms with Crippen molar-refractivity contribution in [2.75, 3.05) is 19.4 Å². The van der Waals surface area contributed by atoms with Gasteiger partial charge in [0.25, 0.3) is 0 Å². The molecule has 0 fully saturated rings. The molecule has 174 valence electrons. The van der Waals surface area contributed by atoms with Crippen molar-refractivity contribution in [1.82, 2.24) is 0 Å². The minimum Gasteiger partial charge on any atom is -0.409 e. The zero-order valence-corrected chi connectivity index (χ0v) is 20.3. The van der Waals surface area contributed by atoms with Crippen molar-refractivity contribution in [3.8, 4) is 0 Å². The predicted octanol–water partition coefficient (Wildman–Crippen LogP) is 6.95. The average Bonchev–Trinajstić information content (AvgIpc) is 2.65. The van der Waals surface area contributed by atoms with Crippen LogP contribution in [0.1, 0.15) is 105 Å². The molecule has 0 radical (unpaired) electrons. The SMILES string of the molecule is CC(C)CCCCCCCOP(=O)(CC(N)=NO)OCCCCCCCC(C)C. The second-order valence-corrected chi connectivity index (χ2v) is 11.0. The molecular formula is C22H47N2O4P. The molecule has 0 atom stereocenters. The van der Waals surface area contributed by atoms with Gasteiger partial charge in [0.2, 0.25) is 0 Å². The minimum atomic E-state index is -3.36. The summed E-state index contributed by atoms with van der Waals surface area (Å²) in [5.41, 5.74) is 5.55. The van der Waals surface area contributed by atoms with E-state index in [4.69, 9.17) is 20.0 Å². The number of hydrogen-bond donors (Lipinski definition) is 2. The predicted molar refractivity (Wildman–Crippen MR) is 123 cm³/mol. The van der Waals surface area contributed by atoms with E-state index in [0.717, 1.165) is 50.4 Å². The Bertz CT molecular complexity index is 428. The van der Waals surface area contributed by atoms with Crippen molar-refractivity contribution >= 4 is 13.4 Å². The third-order valence-corrected chi connectivity index (χ3v) is 6.77. The molecule has 0 bridgehead atoms. The van der Waals surface area contributed by atoms with Gasteiger partial charge >= 0.3 is 7.60 Å². The second-order valence-electron chi connectivity index (χ2n) is 8.93. The Balaban J connectivity index is 4.01. The summed E-state index contributed by atoms with van der Waals surface area (Å²) < 4.78 is 24.0. The lowest BCUT2D eigenvalue weighted by Gasteiger charge is -2.18. The lowest BCUT2D eigenvalue weighted by molar-refractivity contribution is 0.200. The van der Waals surface area contributed by atoms with Gasteiger partial charge in [-0.1, -0.05) is 97.1 Å². The molecule has 6 nitrogen and oxygen atoms in total. The molecular weight excluding hydrogens is 387 g/mol. The van der Waals surface area contributed by atoms with E-state index in [1.54, 1.807) is 0 Å². The van der Waals surface area contributed by atoms with Crippen molar-refractivity contribution in [3.05, 3.63) is 0 Å². The first kappa shape index (κ1) is 28.4. The molecule has 0 aliphatic carbocycles. The van der Waals surface area contributed by atoms with Gasteiger partial charge in [0.05, 0.1) is 13.2 Å². The highest BCUT2D eigenvalue weighted by atomic mass is 31.2. The van der Waals surface area contributed by atoms with Gasteiger partial charge < -0.3 is 20.0 Å². The van der Waals surface area contributed by atoms with Crippen LogP contribution in [0.5, 0.6) is 0 Å². The van der Waals surface area contributed by atoms with E-state index in [0.29, 0.717) is 13.2 Å². The normalized spacial score (nSPS) is 13.0. The molecule has 0 saturated carbocycles. The maximum atomic E-state index is 12.9. The molecule has 0 aromatic heterocycles. The van der Waals surface area contributed by atoms with E-state index in [1.165, 1.54) is 38.5 Å². The first-order chi connectivity index (χ1) is 13.8. The van der Waals surface area contributed by atoms with Crippen LogP contribution in [0.4, 0.5) is 0 Å². The Hall–Kier alpha value is -0.580. The number of unbranched alkanes of at least 4 members (excludes halogenated alkanes) is 8. The first-order valence-corrected chi connectivity index (χ1v) is 13.4. The molecule has 0 amide bonds. The van der Waals surface area contributed by atoms with Crippen LogP contribution in [-0.4, -0.2) is 30.4 Å². The zero-order valence-electron chi connectivity index (χ0n) is 19.4. The third kappa shape index (κ3) is 19.1. The number of nitrogens with zero attached hydrogens (tertiary/aromatic N) is 1. The lowest BCUT2D eigenvalue weighted by atomic mass is 10.0. The van der Waals surface area contributed by atoms with Gasteiger partial charge in [-0.25, -0.2) is 0 Å². The smallest absolute Gasteiger partial charge is 0.338 e. The summed E-state index contributed by atoms with van der Waals surface area (Å²) in [5, 5.41) is 11.7. The van der Waals surface area contributed by atoms with Crippen LogP contribution in [0.3, 0.4) is 0 Å². The van der Waals surface area contributed by atoms with Crippen molar-refractivity contribution in [2.24, 2.45) is 22.7 Å². The molecule has 7 heteroatoms. The summed E-state index contributed by atoms with van der Waals surface area (Å²) in [6, 6.07) is 0. The first-order valence-electron chi connectivity index (χ1n) is 11.6.